The summed E-state index contributed by atoms with van der Waals surface area (Å²) in [6, 6.07) is 11.9. The Kier molecular flexibility index (Phi) is 8.58. The normalized spacial score (nSPS) is 14.7. The Hall–Kier alpha value is -2.52. The third-order valence-electron chi connectivity index (χ3n) is 4.60. The number of allylic oxidation sites excluding steroid dienone is 1. The first-order valence-corrected chi connectivity index (χ1v) is 12.0. The Bertz CT molecular complexity index is 1060. The number of carbonyl (C=O) groups is 2. The Morgan fingerprint density at radius 2 is 1.84 bits per heavy atom. The highest BCUT2D eigenvalue weighted by atomic mass is 127. The number of halogens is 1. The van der Waals surface area contributed by atoms with Crippen molar-refractivity contribution in [1.29, 1.82) is 0 Å². The highest BCUT2D eigenvalue weighted by molar-refractivity contribution is 14.1. The molecule has 1 aliphatic rings. The van der Waals surface area contributed by atoms with E-state index in [1.165, 1.54) is 11.0 Å². The van der Waals surface area contributed by atoms with Crippen LogP contribution in [0.3, 0.4) is 0 Å². The summed E-state index contributed by atoms with van der Waals surface area (Å²) >= 11 is 3.19. The van der Waals surface area contributed by atoms with Crippen LogP contribution in [-0.2, 0) is 17.8 Å². The zero-order valence-corrected chi connectivity index (χ0v) is 20.8. The van der Waals surface area contributed by atoms with Crippen molar-refractivity contribution in [2.45, 2.75) is 20.0 Å². The topological polar surface area (TPSA) is 55.8 Å². The molecule has 1 heterocycles. The van der Waals surface area contributed by atoms with Gasteiger partial charge in [-0.25, -0.2) is 0 Å². The van der Waals surface area contributed by atoms with Crippen molar-refractivity contribution >= 4 is 51.6 Å². The molecular weight excluding hydrogens is 537 g/mol. The number of thioether (sulfide) groups is 1. The number of ether oxygens (including phenoxy) is 2. The third-order valence-corrected chi connectivity index (χ3v) is 6.22. The van der Waals surface area contributed by atoms with Crippen molar-refractivity contribution in [3.8, 4) is 11.5 Å². The summed E-state index contributed by atoms with van der Waals surface area (Å²) in [4.78, 5) is 26.3. The molecule has 0 radical (unpaired) electrons. The second-order valence-electron chi connectivity index (χ2n) is 6.93. The van der Waals surface area contributed by atoms with Gasteiger partial charge in [0, 0.05) is 15.7 Å². The number of nitrogens with zero attached hydrogens (tertiary/aromatic N) is 1. The number of carbonyl (C=O) groups excluding carboxylic acids is 2. The molecule has 0 spiro atoms. The lowest BCUT2D eigenvalue weighted by atomic mass is 10.0. The zero-order valence-electron chi connectivity index (χ0n) is 17.8. The molecule has 0 aliphatic carbocycles. The van der Waals surface area contributed by atoms with Gasteiger partial charge in [-0.15, -0.1) is 13.2 Å². The third kappa shape index (κ3) is 5.83. The van der Waals surface area contributed by atoms with Gasteiger partial charge in [-0.3, -0.25) is 14.5 Å². The van der Waals surface area contributed by atoms with Crippen LogP contribution < -0.4 is 9.47 Å². The summed E-state index contributed by atoms with van der Waals surface area (Å²) in [6.07, 6.45) is 5.62. The molecule has 2 amide bonds. The molecule has 0 aromatic heterocycles. The van der Waals surface area contributed by atoms with Crippen molar-refractivity contribution in [3.63, 3.8) is 0 Å². The molecule has 32 heavy (non-hydrogen) atoms. The molecule has 0 saturated carbocycles. The van der Waals surface area contributed by atoms with Gasteiger partial charge in [0.2, 0.25) is 0 Å². The molecule has 1 saturated heterocycles. The van der Waals surface area contributed by atoms with E-state index in [4.69, 9.17) is 9.47 Å². The fourth-order valence-corrected chi connectivity index (χ4v) is 4.38. The molecule has 7 heteroatoms. The van der Waals surface area contributed by atoms with Gasteiger partial charge in [-0.2, -0.15) is 0 Å². The predicted molar refractivity (Wildman–Crippen MR) is 138 cm³/mol. The highest BCUT2D eigenvalue weighted by Crippen LogP contribution is 2.37. The largest absolute Gasteiger partial charge is 0.490 e. The minimum absolute atomic E-state index is 0.194. The smallest absolute Gasteiger partial charge is 0.293 e. The van der Waals surface area contributed by atoms with Crippen molar-refractivity contribution in [2.24, 2.45) is 0 Å². The molecule has 0 unspecified atom stereocenters. The first-order chi connectivity index (χ1) is 15.5. The van der Waals surface area contributed by atoms with Crippen LogP contribution in [0.1, 0.15) is 23.6 Å². The summed E-state index contributed by atoms with van der Waals surface area (Å²) < 4.78 is 13.2. The van der Waals surface area contributed by atoms with E-state index < -0.39 is 0 Å². The van der Waals surface area contributed by atoms with E-state index in [9.17, 15) is 9.59 Å². The maximum atomic E-state index is 12.6. The van der Waals surface area contributed by atoms with Gasteiger partial charge in [0.15, 0.2) is 11.5 Å². The van der Waals surface area contributed by atoms with Crippen molar-refractivity contribution in [3.05, 3.63) is 86.9 Å². The van der Waals surface area contributed by atoms with Gasteiger partial charge in [0.1, 0.15) is 6.61 Å². The van der Waals surface area contributed by atoms with E-state index in [1.807, 2.05) is 43.3 Å². The van der Waals surface area contributed by atoms with Crippen LogP contribution >= 0.6 is 34.4 Å². The number of hydrogen-bond acceptors (Lipinski definition) is 5. The molecular formula is C25H24INO4S. The molecule has 2 aromatic rings. The first-order valence-electron chi connectivity index (χ1n) is 10.1. The van der Waals surface area contributed by atoms with Gasteiger partial charge in [-0.1, -0.05) is 24.3 Å². The molecule has 1 fully saturated rings. The van der Waals surface area contributed by atoms with Crippen LogP contribution in [0, 0.1) is 3.57 Å². The molecule has 0 atom stereocenters. The van der Waals surface area contributed by atoms with E-state index in [-0.39, 0.29) is 17.7 Å². The van der Waals surface area contributed by atoms with Crippen LogP contribution in [0.5, 0.6) is 11.5 Å². The van der Waals surface area contributed by atoms with Gasteiger partial charge in [-0.05, 0) is 89.2 Å². The summed E-state index contributed by atoms with van der Waals surface area (Å²) in [5.41, 5.74) is 2.71. The average Bonchev–Trinajstić information content (AvgIpc) is 3.02. The monoisotopic (exact) mass is 561 g/mol. The summed E-state index contributed by atoms with van der Waals surface area (Å²) in [6.45, 7) is 10.4. The number of amides is 2. The Morgan fingerprint density at radius 1 is 1.09 bits per heavy atom. The lowest BCUT2D eigenvalue weighted by molar-refractivity contribution is -0.122. The van der Waals surface area contributed by atoms with E-state index in [2.05, 4.69) is 35.7 Å². The summed E-state index contributed by atoms with van der Waals surface area (Å²) in [7, 11) is 0. The van der Waals surface area contributed by atoms with E-state index in [0.717, 1.165) is 32.0 Å². The quantitative estimate of drug-likeness (QED) is 0.196. The van der Waals surface area contributed by atoms with E-state index in [1.54, 1.807) is 12.2 Å². The maximum absolute atomic E-state index is 12.6. The van der Waals surface area contributed by atoms with Crippen LogP contribution in [0.25, 0.3) is 6.08 Å². The lowest BCUT2D eigenvalue weighted by Gasteiger charge is -2.17. The molecule has 0 N–H and O–H groups in total. The molecule has 166 valence electrons. The Morgan fingerprint density at radius 3 is 2.50 bits per heavy atom. The Balaban J connectivity index is 1.94. The van der Waals surface area contributed by atoms with Gasteiger partial charge in [0.05, 0.1) is 11.5 Å². The van der Waals surface area contributed by atoms with Crippen molar-refractivity contribution in [2.75, 3.05) is 13.2 Å². The van der Waals surface area contributed by atoms with Gasteiger partial charge >= 0.3 is 0 Å². The van der Waals surface area contributed by atoms with Crippen LogP contribution in [0.2, 0.25) is 0 Å². The predicted octanol–water partition coefficient (Wildman–Crippen LogP) is 6.22. The van der Waals surface area contributed by atoms with E-state index >= 15 is 0 Å². The molecule has 0 bridgehead atoms. The molecule has 1 aliphatic heterocycles. The summed E-state index contributed by atoms with van der Waals surface area (Å²) in [5, 5.41) is -0.296. The van der Waals surface area contributed by atoms with Crippen LogP contribution in [0.4, 0.5) is 4.79 Å². The van der Waals surface area contributed by atoms with Gasteiger partial charge < -0.3 is 9.47 Å². The zero-order chi connectivity index (χ0) is 23.1. The minimum atomic E-state index is -0.317. The standard InChI is InChI=1S/C25H24INO4S/c1-4-7-19-13-18(15-22-24(28)27(12-5-2)25(29)32-22)14-21(30-6-3)23(19)31-16-17-8-10-20(26)11-9-17/h4-5,8-11,13-15H,1-2,6-7,12,16H2,3H3/b22-15+. The second-order valence-corrected chi connectivity index (χ2v) is 9.17. The minimum Gasteiger partial charge on any atom is -0.490 e. The van der Waals surface area contributed by atoms with Gasteiger partial charge in [0.25, 0.3) is 11.1 Å². The number of benzene rings is 2. The van der Waals surface area contributed by atoms with E-state index in [0.29, 0.717) is 36.0 Å². The molecule has 3 rings (SSSR count). The van der Waals surface area contributed by atoms with Crippen molar-refractivity contribution < 1.29 is 19.1 Å². The Labute approximate surface area is 206 Å². The first kappa shape index (κ1) is 24.1. The highest BCUT2D eigenvalue weighted by Gasteiger charge is 2.34. The maximum Gasteiger partial charge on any atom is 0.293 e. The average molecular weight is 561 g/mol. The fraction of sp³-hybridized carbons (Fsp3) is 0.200. The van der Waals surface area contributed by atoms with Crippen molar-refractivity contribution in [1.82, 2.24) is 4.90 Å². The van der Waals surface area contributed by atoms with Crippen LogP contribution in [-0.4, -0.2) is 29.2 Å². The SMILES string of the molecule is C=CCc1cc(/C=C2/SC(=O)N(CC=C)C2=O)cc(OCC)c1OCc1ccc(I)cc1. The number of hydrogen-bond donors (Lipinski definition) is 0. The number of imide groups is 1. The molecule has 5 nitrogen and oxygen atoms in total. The fourth-order valence-electron chi connectivity index (χ4n) is 3.17. The summed E-state index contributed by atoms with van der Waals surface area (Å²) in [5.74, 6) is 0.929. The second kappa shape index (κ2) is 11.4. The molecule has 2 aromatic carbocycles. The number of rotatable bonds is 10. The lowest BCUT2D eigenvalue weighted by Crippen LogP contribution is -2.27. The van der Waals surface area contributed by atoms with Crippen LogP contribution in [0.15, 0.2) is 66.6 Å².